The number of halogens is 1. The molecule has 0 N–H and O–H groups in total. The van der Waals surface area contributed by atoms with Crippen LogP contribution >= 0.6 is 11.6 Å². The van der Waals surface area contributed by atoms with Crippen molar-refractivity contribution in [3.05, 3.63) is 0 Å². The lowest BCUT2D eigenvalue weighted by molar-refractivity contribution is 0.176. The van der Waals surface area contributed by atoms with Crippen LogP contribution in [0.2, 0.25) is 0 Å². The van der Waals surface area contributed by atoms with Gasteiger partial charge in [0.05, 0.1) is 0 Å². The van der Waals surface area contributed by atoms with Gasteiger partial charge in [-0.1, -0.05) is 19.8 Å². The summed E-state index contributed by atoms with van der Waals surface area (Å²) in [4.78, 5) is 2.65. The molecule has 0 aromatic heterocycles. The molecule has 1 aliphatic heterocycles. The van der Waals surface area contributed by atoms with Gasteiger partial charge in [-0.2, -0.15) is 0 Å². The molecule has 1 aliphatic carbocycles. The van der Waals surface area contributed by atoms with Crippen molar-refractivity contribution in [3.63, 3.8) is 0 Å². The SMILES string of the molecule is CC1CCCC(CN2CCC[C@@H]2CCl)C1. The maximum absolute atomic E-state index is 6.01. The first-order valence-corrected chi connectivity index (χ1v) is 7.13. The maximum Gasteiger partial charge on any atom is 0.0379 e. The smallest absolute Gasteiger partial charge is 0.0379 e. The van der Waals surface area contributed by atoms with E-state index in [1.54, 1.807) is 0 Å². The Balaban J connectivity index is 1.80. The van der Waals surface area contributed by atoms with Crippen molar-refractivity contribution < 1.29 is 0 Å². The lowest BCUT2D eigenvalue weighted by Gasteiger charge is -2.32. The zero-order valence-corrected chi connectivity index (χ0v) is 10.7. The largest absolute Gasteiger partial charge is 0.299 e. The minimum atomic E-state index is 0.684. The summed E-state index contributed by atoms with van der Waals surface area (Å²) >= 11 is 6.01. The first-order chi connectivity index (χ1) is 7.29. The van der Waals surface area contributed by atoms with E-state index in [0.29, 0.717) is 6.04 Å². The summed E-state index contributed by atoms with van der Waals surface area (Å²) in [6.07, 6.45) is 8.49. The van der Waals surface area contributed by atoms with Crippen molar-refractivity contribution in [2.24, 2.45) is 11.8 Å². The average molecular weight is 230 g/mol. The highest BCUT2D eigenvalue weighted by molar-refractivity contribution is 6.18. The minimum Gasteiger partial charge on any atom is -0.299 e. The van der Waals surface area contributed by atoms with Gasteiger partial charge in [0.15, 0.2) is 0 Å². The quantitative estimate of drug-likeness (QED) is 0.670. The molecule has 1 heterocycles. The van der Waals surface area contributed by atoms with E-state index in [1.807, 2.05) is 0 Å². The van der Waals surface area contributed by atoms with Gasteiger partial charge in [-0.25, -0.2) is 0 Å². The number of hydrogen-bond donors (Lipinski definition) is 0. The zero-order valence-electron chi connectivity index (χ0n) is 9.92. The van der Waals surface area contributed by atoms with Crippen molar-refractivity contribution in [1.29, 1.82) is 0 Å². The fraction of sp³-hybridized carbons (Fsp3) is 1.00. The molecule has 2 unspecified atom stereocenters. The van der Waals surface area contributed by atoms with E-state index >= 15 is 0 Å². The Labute approximate surface area is 99.2 Å². The number of hydrogen-bond acceptors (Lipinski definition) is 1. The Hall–Kier alpha value is 0.250. The second-order valence-electron chi connectivity index (χ2n) is 5.58. The number of nitrogens with zero attached hydrogens (tertiary/aromatic N) is 1. The van der Waals surface area contributed by atoms with Crippen molar-refractivity contribution in [2.75, 3.05) is 19.0 Å². The Bertz CT molecular complexity index is 195. The Morgan fingerprint density at radius 1 is 1.20 bits per heavy atom. The van der Waals surface area contributed by atoms with Crippen LogP contribution in [0, 0.1) is 11.8 Å². The van der Waals surface area contributed by atoms with E-state index in [9.17, 15) is 0 Å². The topological polar surface area (TPSA) is 3.24 Å². The molecule has 2 heteroatoms. The van der Waals surface area contributed by atoms with Crippen LogP contribution in [0.25, 0.3) is 0 Å². The second kappa shape index (κ2) is 5.54. The van der Waals surface area contributed by atoms with Crippen LogP contribution in [0.4, 0.5) is 0 Å². The van der Waals surface area contributed by atoms with Crippen LogP contribution in [-0.4, -0.2) is 29.9 Å². The molecular formula is C13H24ClN. The van der Waals surface area contributed by atoms with E-state index in [1.165, 1.54) is 51.6 Å². The standard InChI is InChI=1S/C13H24ClN/c1-11-4-2-5-12(8-11)10-15-7-3-6-13(15)9-14/h11-13H,2-10H2,1H3/t11?,12?,13-/m1/s1. The van der Waals surface area contributed by atoms with E-state index < -0.39 is 0 Å². The average Bonchev–Trinajstić information content (AvgIpc) is 2.65. The number of likely N-dealkylation sites (tertiary alicyclic amines) is 1. The highest BCUT2D eigenvalue weighted by Gasteiger charge is 2.27. The monoisotopic (exact) mass is 229 g/mol. The van der Waals surface area contributed by atoms with Crippen molar-refractivity contribution >= 4 is 11.6 Å². The Morgan fingerprint density at radius 2 is 2.07 bits per heavy atom. The van der Waals surface area contributed by atoms with E-state index in [4.69, 9.17) is 11.6 Å². The fourth-order valence-electron chi connectivity index (χ4n) is 3.37. The molecule has 1 nitrogen and oxygen atoms in total. The minimum absolute atomic E-state index is 0.684. The first-order valence-electron chi connectivity index (χ1n) is 6.59. The molecular weight excluding hydrogens is 206 g/mol. The summed E-state index contributed by atoms with van der Waals surface area (Å²) in [6, 6.07) is 0.684. The number of alkyl halides is 1. The lowest BCUT2D eigenvalue weighted by atomic mass is 9.82. The van der Waals surface area contributed by atoms with Gasteiger partial charge in [0.25, 0.3) is 0 Å². The molecule has 2 rings (SSSR count). The van der Waals surface area contributed by atoms with Crippen LogP contribution in [0.5, 0.6) is 0 Å². The zero-order chi connectivity index (χ0) is 10.7. The lowest BCUT2D eigenvalue weighted by Crippen LogP contribution is -2.36. The molecule has 0 bridgehead atoms. The first kappa shape index (κ1) is 11.7. The summed E-state index contributed by atoms with van der Waals surface area (Å²) in [6.45, 7) is 5.03. The van der Waals surface area contributed by atoms with E-state index in [2.05, 4.69) is 11.8 Å². The normalized spacial score (nSPS) is 38.4. The van der Waals surface area contributed by atoms with Crippen LogP contribution in [-0.2, 0) is 0 Å². The highest BCUT2D eigenvalue weighted by atomic mass is 35.5. The summed E-state index contributed by atoms with van der Waals surface area (Å²) in [7, 11) is 0. The molecule has 88 valence electrons. The third-order valence-corrected chi connectivity index (χ3v) is 4.57. The second-order valence-corrected chi connectivity index (χ2v) is 5.89. The van der Waals surface area contributed by atoms with Gasteiger partial charge in [-0.3, -0.25) is 4.90 Å². The van der Waals surface area contributed by atoms with Gasteiger partial charge in [0.1, 0.15) is 0 Å². The van der Waals surface area contributed by atoms with E-state index in [0.717, 1.165) is 17.7 Å². The molecule has 0 radical (unpaired) electrons. The molecule has 0 spiro atoms. The highest BCUT2D eigenvalue weighted by Crippen LogP contribution is 2.31. The summed E-state index contributed by atoms with van der Waals surface area (Å²) in [5.41, 5.74) is 0. The van der Waals surface area contributed by atoms with Gasteiger partial charge in [-0.15, -0.1) is 11.6 Å². The third-order valence-electron chi connectivity index (χ3n) is 4.21. The Morgan fingerprint density at radius 3 is 2.80 bits per heavy atom. The van der Waals surface area contributed by atoms with Gasteiger partial charge in [0.2, 0.25) is 0 Å². The molecule has 1 saturated heterocycles. The molecule has 3 atom stereocenters. The number of rotatable bonds is 3. The summed E-state index contributed by atoms with van der Waals surface area (Å²) < 4.78 is 0. The molecule has 2 fully saturated rings. The molecule has 0 aromatic carbocycles. The van der Waals surface area contributed by atoms with Crippen LogP contribution in [0.15, 0.2) is 0 Å². The molecule has 1 saturated carbocycles. The summed E-state index contributed by atoms with van der Waals surface area (Å²) in [5.74, 6) is 2.75. The third kappa shape index (κ3) is 3.10. The van der Waals surface area contributed by atoms with Crippen LogP contribution < -0.4 is 0 Å². The predicted octanol–water partition coefficient (Wildman–Crippen LogP) is 3.52. The van der Waals surface area contributed by atoms with E-state index in [-0.39, 0.29) is 0 Å². The molecule has 2 aliphatic rings. The Kier molecular flexibility index (Phi) is 4.33. The van der Waals surface area contributed by atoms with Crippen LogP contribution in [0.3, 0.4) is 0 Å². The molecule has 0 aromatic rings. The van der Waals surface area contributed by atoms with Gasteiger partial charge < -0.3 is 0 Å². The fourth-order valence-corrected chi connectivity index (χ4v) is 3.72. The van der Waals surface area contributed by atoms with Gasteiger partial charge in [0, 0.05) is 18.5 Å². The summed E-state index contributed by atoms with van der Waals surface area (Å²) in [5, 5.41) is 0. The van der Waals surface area contributed by atoms with Crippen molar-refractivity contribution in [2.45, 2.75) is 51.5 Å². The van der Waals surface area contributed by atoms with Crippen LogP contribution in [0.1, 0.15) is 45.4 Å². The molecule has 0 amide bonds. The van der Waals surface area contributed by atoms with Gasteiger partial charge in [-0.05, 0) is 44.1 Å². The van der Waals surface area contributed by atoms with Crippen molar-refractivity contribution in [3.8, 4) is 0 Å². The molecule has 15 heavy (non-hydrogen) atoms. The predicted molar refractivity (Wildman–Crippen MR) is 66.4 cm³/mol. The maximum atomic E-state index is 6.01. The van der Waals surface area contributed by atoms with Crippen molar-refractivity contribution in [1.82, 2.24) is 4.90 Å². The van der Waals surface area contributed by atoms with Gasteiger partial charge >= 0.3 is 0 Å².